The molecule has 19 heteroatoms. The molecule has 0 saturated heterocycles. The molecule has 1 heterocycles. The molecule has 0 spiro atoms. The second-order valence-corrected chi connectivity index (χ2v) is 14.6. The van der Waals surface area contributed by atoms with Gasteiger partial charge in [0.15, 0.2) is 17.9 Å². The Morgan fingerprint density at radius 1 is 1.03 bits per heavy atom. The molecule has 3 aromatic carbocycles. The molecule has 0 radical (unpaired) electrons. The maximum Gasteiger partial charge on any atom is 0.257 e. The zero-order valence-corrected chi connectivity index (χ0v) is 35.9. The Morgan fingerprint density at radius 2 is 1.77 bits per heavy atom. The predicted molar refractivity (Wildman–Crippen MR) is 236 cm³/mol. The van der Waals surface area contributed by atoms with E-state index in [9.17, 15) is 19.2 Å². The van der Waals surface area contributed by atoms with Gasteiger partial charge in [-0.05, 0) is 76.4 Å². The number of aromatic nitrogens is 2. The topological polar surface area (TPSA) is 183 Å². The zero-order valence-electron chi connectivity index (χ0n) is 35.0. The molecule has 61 heavy (non-hydrogen) atoms. The predicted octanol–water partition coefficient (Wildman–Crippen LogP) is 6.36. The number of nitrogens with one attached hydrogen (secondary N) is 4. The summed E-state index contributed by atoms with van der Waals surface area (Å²) < 4.78 is 43.2. The molecule has 1 aromatic heterocycles. The number of aldehydes is 2. The van der Waals surface area contributed by atoms with E-state index in [1.165, 1.54) is 31.1 Å². The smallest absolute Gasteiger partial charge is 0.257 e. The number of hydrogen-bond donors (Lipinski definition) is 4. The molecule has 4 rings (SSSR count). The molecular formula is C42H52F2N10O6S. The van der Waals surface area contributed by atoms with Crippen LogP contribution in [0.5, 0.6) is 0 Å². The molecule has 0 saturated carbocycles. The molecule has 0 aliphatic heterocycles. The molecule has 1 unspecified atom stereocenters. The van der Waals surface area contributed by atoms with Crippen LogP contribution in [0.1, 0.15) is 54.3 Å². The second-order valence-electron chi connectivity index (χ2n) is 13.7. The van der Waals surface area contributed by atoms with Crippen molar-refractivity contribution in [3.05, 3.63) is 83.6 Å². The largest absolute Gasteiger partial charge is 0.382 e. The molecule has 0 bridgehead atoms. The van der Waals surface area contributed by atoms with Gasteiger partial charge in [0, 0.05) is 81.4 Å². The summed E-state index contributed by atoms with van der Waals surface area (Å²) in [6, 6.07) is 14.1. The molecular weight excluding hydrogens is 811 g/mol. The van der Waals surface area contributed by atoms with Crippen LogP contribution >= 0.6 is 12.2 Å². The van der Waals surface area contributed by atoms with Gasteiger partial charge in [-0.25, -0.2) is 23.0 Å². The highest BCUT2D eigenvalue weighted by molar-refractivity contribution is 7.96. The van der Waals surface area contributed by atoms with Crippen LogP contribution in [0.4, 0.5) is 43.2 Å². The van der Waals surface area contributed by atoms with E-state index >= 15 is 8.78 Å². The monoisotopic (exact) mass is 862 g/mol. The van der Waals surface area contributed by atoms with Gasteiger partial charge in [-0.15, -0.1) is 0 Å². The minimum absolute atomic E-state index is 0.0316. The summed E-state index contributed by atoms with van der Waals surface area (Å²) in [7, 11) is 4.76. The van der Waals surface area contributed by atoms with Crippen molar-refractivity contribution in [2.24, 2.45) is 4.99 Å². The van der Waals surface area contributed by atoms with E-state index in [-0.39, 0.29) is 65.4 Å². The van der Waals surface area contributed by atoms with Gasteiger partial charge in [0.25, 0.3) is 5.91 Å². The fraction of sp³-hybridized carbons (Fsp3) is 0.357. The Bertz CT molecular complexity index is 2130. The van der Waals surface area contributed by atoms with Crippen LogP contribution in [0, 0.1) is 11.6 Å². The number of carbonyl (C=O) groups is 4. The van der Waals surface area contributed by atoms with Crippen molar-refractivity contribution in [2.45, 2.75) is 45.7 Å². The van der Waals surface area contributed by atoms with Crippen LogP contribution in [0.3, 0.4) is 0 Å². The van der Waals surface area contributed by atoms with E-state index in [2.05, 4.69) is 43.1 Å². The number of likely N-dealkylation sites (N-methyl/N-ethyl adjacent to an activating group) is 1. The van der Waals surface area contributed by atoms with Crippen molar-refractivity contribution in [3.8, 4) is 11.3 Å². The molecule has 326 valence electrons. The number of carbonyl (C=O) groups excluding carboxylic acids is 4. The third-order valence-corrected chi connectivity index (χ3v) is 10.1. The van der Waals surface area contributed by atoms with Gasteiger partial charge < -0.3 is 35.3 Å². The van der Waals surface area contributed by atoms with Gasteiger partial charge in [-0.3, -0.25) is 23.7 Å². The summed E-state index contributed by atoms with van der Waals surface area (Å²) in [5.41, 5.74) is 5.69. The molecule has 16 nitrogen and oxygen atoms in total. The molecule has 1 atom stereocenters. The number of hydrogen-bond acceptors (Lipinski definition) is 15. The third kappa shape index (κ3) is 13.0. The lowest BCUT2D eigenvalue weighted by Gasteiger charge is -2.29. The maximum atomic E-state index is 15.2. The van der Waals surface area contributed by atoms with Gasteiger partial charge in [-0.1, -0.05) is 12.1 Å². The maximum absolute atomic E-state index is 15.2. The van der Waals surface area contributed by atoms with Crippen LogP contribution < -0.4 is 30.6 Å². The van der Waals surface area contributed by atoms with Gasteiger partial charge >= 0.3 is 0 Å². The Balaban J connectivity index is 1.23. The quantitative estimate of drug-likeness (QED) is 0.0144. The minimum Gasteiger partial charge on any atom is -0.382 e. The van der Waals surface area contributed by atoms with Crippen molar-refractivity contribution >= 4 is 77.7 Å². The average molecular weight is 863 g/mol. The average Bonchev–Trinajstić information content (AvgIpc) is 3.26. The highest BCUT2D eigenvalue weighted by atomic mass is 32.2. The summed E-state index contributed by atoms with van der Waals surface area (Å²) in [6.07, 6.45) is 2.42. The van der Waals surface area contributed by atoms with Crippen molar-refractivity contribution in [1.82, 2.24) is 25.7 Å². The number of rotatable bonds is 25. The van der Waals surface area contributed by atoms with Crippen molar-refractivity contribution < 1.29 is 37.0 Å². The van der Waals surface area contributed by atoms with E-state index in [4.69, 9.17) is 9.02 Å². The lowest BCUT2D eigenvalue weighted by molar-refractivity contribution is -0.121. The Hall–Kier alpha value is -6.02. The van der Waals surface area contributed by atoms with Crippen LogP contribution in [0.25, 0.3) is 11.3 Å². The Morgan fingerprint density at radius 3 is 2.43 bits per heavy atom. The van der Waals surface area contributed by atoms with Gasteiger partial charge in [0.2, 0.25) is 11.9 Å². The van der Waals surface area contributed by atoms with Gasteiger partial charge in [-0.2, -0.15) is 5.48 Å². The molecule has 4 aromatic rings. The van der Waals surface area contributed by atoms with Crippen LogP contribution in [0.15, 0.2) is 65.8 Å². The standard InChI is InChI=1S/C42H52F2N10O6S/c1-8-54(27(2)3)36-23-29(22-33(43)40(36)46-5)39-34(44)24-48-42(51-39)50-30-12-14-31(15-13-30)53(7)61-60-49-19-21-59-20-18-47-35-11-9-10-28(25-55)38(35)41(58)52(6)32(26-56)16-17-37(57)45-4/h9-15,22-27,32,47,49H,5,8,16-21H2,1-4,6-7H3,(H,45,57)(H,48,50,51). The van der Waals surface area contributed by atoms with Crippen molar-refractivity contribution in [2.75, 3.05) is 73.8 Å². The van der Waals surface area contributed by atoms with Crippen LogP contribution in [-0.2, 0) is 18.6 Å². The number of nitrogens with zero attached hydrogens (tertiary/aromatic N) is 6. The second kappa shape index (κ2) is 23.7. The normalized spacial score (nSPS) is 11.4. The van der Waals surface area contributed by atoms with E-state index in [0.29, 0.717) is 55.9 Å². The molecule has 0 aliphatic carbocycles. The fourth-order valence-electron chi connectivity index (χ4n) is 6.20. The summed E-state index contributed by atoms with van der Waals surface area (Å²) in [4.78, 5) is 64.2. The molecule has 0 fully saturated rings. The molecule has 0 aliphatic rings. The first kappa shape index (κ1) is 47.7. The Kier molecular flexibility index (Phi) is 18.5. The van der Waals surface area contributed by atoms with E-state index < -0.39 is 23.6 Å². The van der Waals surface area contributed by atoms with E-state index in [1.54, 1.807) is 34.6 Å². The highest BCUT2D eigenvalue weighted by Crippen LogP contribution is 2.37. The minimum atomic E-state index is -0.853. The number of benzene rings is 3. The summed E-state index contributed by atoms with van der Waals surface area (Å²) in [5.74, 6) is -2.00. The molecule has 4 N–H and O–H groups in total. The Labute approximate surface area is 358 Å². The van der Waals surface area contributed by atoms with Crippen LogP contribution in [0.2, 0.25) is 0 Å². The van der Waals surface area contributed by atoms with Crippen LogP contribution in [-0.4, -0.2) is 112 Å². The SMILES string of the molecule is C=Nc1c(F)cc(-c2nc(Nc3ccc(N(C)SONCCOCCNc4cccc(C=O)c4C(=O)N(C)C(C=O)CCC(=O)NC)cc3)ncc2F)cc1N(CC)C(C)C. The van der Waals surface area contributed by atoms with Gasteiger partial charge in [0.05, 0.1) is 36.7 Å². The van der Waals surface area contributed by atoms with Gasteiger partial charge in [0.1, 0.15) is 29.9 Å². The number of anilines is 5. The number of amides is 2. The lowest BCUT2D eigenvalue weighted by Crippen LogP contribution is -2.39. The van der Waals surface area contributed by atoms with Crippen molar-refractivity contribution in [3.63, 3.8) is 0 Å². The first-order chi connectivity index (χ1) is 29.4. The first-order valence-corrected chi connectivity index (χ1v) is 20.2. The van der Waals surface area contributed by atoms with Crippen molar-refractivity contribution in [1.29, 1.82) is 0 Å². The highest BCUT2D eigenvalue weighted by Gasteiger charge is 2.26. The summed E-state index contributed by atoms with van der Waals surface area (Å²) >= 11 is 1.05. The number of halogens is 2. The first-order valence-electron chi connectivity index (χ1n) is 19.5. The van der Waals surface area contributed by atoms with E-state index in [0.717, 1.165) is 24.1 Å². The lowest BCUT2D eigenvalue weighted by atomic mass is 10.0. The number of aliphatic imine (C=N–C) groups is 1. The molecule has 2 amide bonds. The fourth-order valence-corrected chi connectivity index (χ4v) is 6.66. The van der Waals surface area contributed by atoms with E-state index in [1.807, 2.05) is 44.9 Å². The number of hydroxylamine groups is 1. The number of ether oxygens (including phenoxy) is 1. The third-order valence-electron chi connectivity index (χ3n) is 9.46. The zero-order chi connectivity index (χ0) is 44.5. The summed E-state index contributed by atoms with van der Waals surface area (Å²) in [5, 5.41) is 8.69. The summed E-state index contributed by atoms with van der Waals surface area (Å²) in [6.45, 7) is 11.2.